The lowest BCUT2D eigenvalue weighted by Gasteiger charge is -2.30. The number of fused-ring (bicyclic) bond motifs is 1. The molecule has 8 N–H and O–H groups in total. The normalized spacial score (nSPS) is 26.6. The van der Waals surface area contributed by atoms with Crippen molar-refractivity contribution in [2.24, 2.45) is 11.8 Å². The van der Waals surface area contributed by atoms with Gasteiger partial charge in [-0.25, -0.2) is 0 Å². The average Bonchev–Trinajstić information content (AvgIpc) is 3.11. The summed E-state index contributed by atoms with van der Waals surface area (Å²) in [5.41, 5.74) is 2.34. The van der Waals surface area contributed by atoms with Gasteiger partial charge in [0.1, 0.15) is 6.79 Å². The fraction of sp³-hybridized carbons (Fsp3) is 0.667. The van der Waals surface area contributed by atoms with Crippen LogP contribution in [0.15, 0.2) is 24.3 Å². The van der Waals surface area contributed by atoms with E-state index in [9.17, 15) is 40.9 Å². The number of rotatable bonds is 14. The van der Waals surface area contributed by atoms with Gasteiger partial charge in [0.25, 0.3) is 0 Å². The van der Waals surface area contributed by atoms with Crippen LogP contribution in [0, 0.1) is 11.8 Å². The molecule has 4 rings (SSSR count). The van der Waals surface area contributed by atoms with Crippen molar-refractivity contribution in [3.8, 4) is 28.7 Å². The Hall–Kier alpha value is -2.14. The third-order valence-electron chi connectivity index (χ3n) is 9.73. The van der Waals surface area contributed by atoms with Gasteiger partial charge < -0.3 is 59.8 Å². The van der Waals surface area contributed by atoms with Crippen LogP contribution in [0.2, 0.25) is 0 Å². The van der Waals surface area contributed by atoms with Crippen molar-refractivity contribution < 1.29 is 59.8 Å². The maximum absolute atomic E-state index is 11.6. The minimum Gasteiger partial charge on any atom is -0.504 e. The Bertz CT molecular complexity index is 1320. The summed E-state index contributed by atoms with van der Waals surface area (Å²) in [6, 6.07) is 6.70. The minimum absolute atomic E-state index is 0.00287. The van der Waals surface area contributed by atoms with E-state index in [1.54, 1.807) is 12.1 Å². The van der Waals surface area contributed by atoms with Crippen LogP contribution in [-0.2, 0) is 17.6 Å². The van der Waals surface area contributed by atoms with Crippen LogP contribution in [-0.4, -0.2) is 105 Å². The van der Waals surface area contributed by atoms with E-state index in [0.717, 1.165) is 49.7 Å². The Morgan fingerprint density at radius 2 is 1.62 bits per heavy atom. The van der Waals surface area contributed by atoms with Crippen LogP contribution in [0.1, 0.15) is 79.7 Å². The fourth-order valence-electron chi connectivity index (χ4n) is 7.12. The predicted octanol–water partition coefficient (Wildman–Crippen LogP) is 4.20. The smallest absolute Gasteiger partial charge is 0.200 e. The number of hydrogen-bond donors (Lipinski definition) is 8. The monoisotopic (exact) mass is 742 g/mol. The Morgan fingerprint density at radius 3 is 2.34 bits per heavy atom. The SMILES string of the molecule is COc1cc(CC2C(O)CSSC(CCO)c3cc(O)c(OC4CCCC(CCCO)C4)cc3CCC(OCO)CC2O)cc(OCO)c1O. The lowest BCUT2D eigenvalue weighted by atomic mass is 9.84. The first-order valence-corrected chi connectivity index (χ1v) is 19.8. The molecule has 1 aliphatic heterocycles. The second-order valence-electron chi connectivity index (χ2n) is 13.2. The minimum atomic E-state index is -1.05. The number of methoxy groups -OCH3 is 1. The number of phenolic OH excluding ortho intramolecular Hbond substituents is 2. The van der Waals surface area contributed by atoms with E-state index in [1.807, 2.05) is 6.07 Å². The number of benzene rings is 2. The molecule has 12 nitrogen and oxygen atoms in total. The number of hydrogen-bond acceptors (Lipinski definition) is 14. The molecule has 0 radical (unpaired) electrons. The van der Waals surface area contributed by atoms with Gasteiger partial charge in [-0.3, -0.25) is 0 Å². The Labute approximate surface area is 302 Å². The van der Waals surface area contributed by atoms with Crippen LogP contribution in [0.25, 0.3) is 0 Å². The lowest BCUT2D eigenvalue weighted by molar-refractivity contribution is -0.0808. The third-order valence-corrected chi connectivity index (χ3v) is 12.6. The molecular formula is C36H54O12S2. The van der Waals surface area contributed by atoms with Crippen molar-refractivity contribution in [1.29, 1.82) is 0 Å². The molecule has 0 aromatic heterocycles. The van der Waals surface area contributed by atoms with Crippen molar-refractivity contribution >= 4 is 21.6 Å². The molecule has 7 unspecified atom stereocenters. The molecule has 1 aliphatic carbocycles. The second kappa shape index (κ2) is 20.8. The first kappa shape index (κ1) is 40.6. The van der Waals surface area contributed by atoms with Gasteiger partial charge in [0.2, 0.25) is 5.75 Å². The summed E-state index contributed by atoms with van der Waals surface area (Å²) in [4.78, 5) is 0. The van der Waals surface area contributed by atoms with Crippen molar-refractivity contribution in [2.45, 2.75) is 100 Å². The molecule has 7 atom stereocenters. The first-order valence-electron chi connectivity index (χ1n) is 17.5. The number of aromatic hydroxyl groups is 2. The Morgan fingerprint density at radius 1 is 0.820 bits per heavy atom. The van der Waals surface area contributed by atoms with Gasteiger partial charge in [0.05, 0.1) is 31.5 Å². The maximum atomic E-state index is 11.6. The molecule has 1 heterocycles. The van der Waals surface area contributed by atoms with E-state index in [-0.39, 0.29) is 66.2 Å². The van der Waals surface area contributed by atoms with Crippen LogP contribution >= 0.6 is 21.6 Å². The molecule has 1 saturated carbocycles. The molecule has 2 aromatic carbocycles. The highest BCUT2D eigenvalue weighted by Crippen LogP contribution is 2.47. The molecule has 14 heteroatoms. The zero-order chi connectivity index (χ0) is 36.0. The molecule has 1 fully saturated rings. The highest BCUT2D eigenvalue weighted by molar-refractivity contribution is 8.76. The standard InChI is InChI=1S/C36H54O12S2/c1-45-33-14-23(15-34(36(33)44)47-21-40)13-28-29(41)17-25(46-20-39)8-7-24-16-32(48-26-6-2-4-22(12-26)5-3-10-37)30(42)18-27(24)35(9-11-38)50-49-19-31(28)43/h14-16,18,22,25-26,28-29,31,35,37-44H,2-13,17,19-21H2,1H3. The first-order chi connectivity index (χ1) is 24.2. The Balaban J connectivity index is 1.61. The maximum Gasteiger partial charge on any atom is 0.200 e. The van der Waals surface area contributed by atoms with Gasteiger partial charge in [0, 0.05) is 30.1 Å². The summed E-state index contributed by atoms with van der Waals surface area (Å²) in [6.07, 6.45) is 4.47. The second-order valence-corrected chi connectivity index (χ2v) is 15.8. The molecule has 0 bridgehead atoms. The van der Waals surface area contributed by atoms with Crippen molar-refractivity contribution in [3.05, 3.63) is 41.0 Å². The van der Waals surface area contributed by atoms with Crippen molar-refractivity contribution in [3.63, 3.8) is 0 Å². The predicted molar refractivity (Wildman–Crippen MR) is 192 cm³/mol. The quantitative estimate of drug-likeness (QED) is 0.101. The highest BCUT2D eigenvalue weighted by atomic mass is 33.1. The number of aliphatic hydroxyl groups excluding tert-OH is 6. The van der Waals surface area contributed by atoms with E-state index in [1.165, 1.54) is 34.8 Å². The summed E-state index contributed by atoms with van der Waals surface area (Å²) < 4.78 is 22.6. The molecule has 2 aliphatic rings. The van der Waals surface area contributed by atoms with E-state index < -0.39 is 37.8 Å². The van der Waals surface area contributed by atoms with Gasteiger partial charge in [-0.1, -0.05) is 28.0 Å². The van der Waals surface area contributed by atoms with Crippen LogP contribution < -0.4 is 14.2 Å². The fourth-order valence-corrected chi connectivity index (χ4v) is 10.0. The number of phenols is 2. The average molecular weight is 743 g/mol. The van der Waals surface area contributed by atoms with Crippen LogP contribution in [0.3, 0.4) is 0 Å². The van der Waals surface area contributed by atoms with Crippen molar-refractivity contribution in [1.82, 2.24) is 0 Å². The van der Waals surface area contributed by atoms with E-state index >= 15 is 0 Å². The van der Waals surface area contributed by atoms with Gasteiger partial charge in [-0.15, -0.1) is 0 Å². The number of aliphatic hydroxyl groups is 6. The third kappa shape index (κ3) is 11.4. The summed E-state index contributed by atoms with van der Waals surface area (Å²) in [6.45, 7) is -1.14. The van der Waals surface area contributed by atoms with Gasteiger partial charge in [-0.05, 0) is 111 Å². The summed E-state index contributed by atoms with van der Waals surface area (Å²) >= 11 is 0. The topological polar surface area (TPSA) is 199 Å². The van der Waals surface area contributed by atoms with Crippen LogP contribution in [0.5, 0.6) is 28.7 Å². The molecule has 2 aromatic rings. The number of aryl methyl sites for hydroxylation is 1. The van der Waals surface area contributed by atoms with Gasteiger partial charge in [0.15, 0.2) is 29.8 Å². The molecular weight excluding hydrogens is 689 g/mol. The molecule has 50 heavy (non-hydrogen) atoms. The highest BCUT2D eigenvalue weighted by Gasteiger charge is 2.32. The number of ether oxygens (including phenoxy) is 4. The molecule has 282 valence electrons. The zero-order valence-electron chi connectivity index (χ0n) is 28.7. The van der Waals surface area contributed by atoms with Crippen molar-refractivity contribution in [2.75, 3.05) is 39.7 Å². The molecule has 0 amide bonds. The van der Waals surface area contributed by atoms with Gasteiger partial charge >= 0.3 is 0 Å². The van der Waals surface area contributed by atoms with E-state index in [4.69, 9.17) is 18.9 Å². The van der Waals surface area contributed by atoms with E-state index in [2.05, 4.69) is 0 Å². The summed E-state index contributed by atoms with van der Waals surface area (Å²) in [5, 5.41) is 82.9. The summed E-state index contributed by atoms with van der Waals surface area (Å²) in [7, 11) is 4.27. The zero-order valence-corrected chi connectivity index (χ0v) is 30.3. The van der Waals surface area contributed by atoms with Crippen LogP contribution in [0.4, 0.5) is 0 Å². The largest absolute Gasteiger partial charge is 0.504 e. The Kier molecular flexibility index (Phi) is 16.9. The van der Waals surface area contributed by atoms with Gasteiger partial charge in [-0.2, -0.15) is 0 Å². The molecule has 0 saturated heterocycles. The molecule has 0 spiro atoms. The summed E-state index contributed by atoms with van der Waals surface area (Å²) in [5.74, 6) is 0.264. The lowest BCUT2D eigenvalue weighted by Crippen LogP contribution is -2.38. The van der Waals surface area contributed by atoms with E-state index in [0.29, 0.717) is 36.5 Å².